The van der Waals surface area contributed by atoms with Gasteiger partial charge in [-0.25, -0.2) is 15.0 Å². The lowest BCUT2D eigenvalue weighted by atomic mass is 10.1. The van der Waals surface area contributed by atoms with Crippen molar-refractivity contribution in [2.45, 2.75) is 39.7 Å². The molecule has 0 spiro atoms. The second kappa shape index (κ2) is 8.24. The molecule has 2 N–H and O–H groups in total. The molecule has 0 unspecified atom stereocenters. The number of imidazole rings is 1. The van der Waals surface area contributed by atoms with Gasteiger partial charge in [-0.3, -0.25) is 0 Å². The summed E-state index contributed by atoms with van der Waals surface area (Å²) in [4.78, 5) is 12.8. The summed E-state index contributed by atoms with van der Waals surface area (Å²) in [6.07, 6.45) is 10.3. The minimum Gasteiger partial charge on any atom is -0.370 e. The van der Waals surface area contributed by atoms with Crippen LogP contribution in [0.2, 0.25) is 0 Å². The molecule has 2 heterocycles. The maximum absolute atomic E-state index is 4.40. The lowest BCUT2D eigenvalue weighted by molar-refractivity contribution is 0.723. The summed E-state index contributed by atoms with van der Waals surface area (Å²) < 4.78 is 2.05. The average molecular weight is 288 g/mol. The first-order valence-corrected chi connectivity index (χ1v) is 7.62. The van der Waals surface area contributed by atoms with E-state index in [2.05, 4.69) is 39.4 Å². The largest absolute Gasteiger partial charge is 0.370 e. The Kier molecular flexibility index (Phi) is 5.99. The summed E-state index contributed by atoms with van der Waals surface area (Å²) in [5, 5.41) is 6.80. The van der Waals surface area contributed by atoms with Crippen molar-refractivity contribution in [1.29, 1.82) is 0 Å². The highest BCUT2D eigenvalue weighted by molar-refractivity contribution is 5.57. The molecule has 0 aliphatic carbocycles. The lowest BCUT2D eigenvalue weighted by Crippen LogP contribution is -2.14. The van der Waals surface area contributed by atoms with Gasteiger partial charge in [-0.1, -0.05) is 20.3 Å². The van der Waals surface area contributed by atoms with E-state index in [4.69, 9.17) is 0 Å². The Morgan fingerprint density at radius 1 is 1.05 bits per heavy atom. The molecule has 0 amide bonds. The van der Waals surface area contributed by atoms with Crippen LogP contribution in [0, 0.1) is 0 Å². The molecule has 0 atom stereocenters. The number of anilines is 2. The number of aromatic nitrogens is 4. The Labute approximate surface area is 126 Å². The van der Waals surface area contributed by atoms with E-state index in [1.54, 1.807) is 12.5 Å². The van der Waals surface area contributed by atoms with Crippen molar-refractivity contribution < 1.29 is 0 Å². The van der Waals surface area contributed by atoms with Crippen LogP contribution < -0.4 is 10.6 Å². The van der Waals surface area contributed by atoms with Gasteiger partial charge in [0.1, 0.15) is 18.0 Å². The van der Waals surface area contributed by atoms with Crippen molar-refractivity contribution in [3.63, 3.8) is 0 Å². The molecule has 0 aromatic carbocycles. The van der Waals surface area contributed by atoms with Crippen LogP contribution in [-0.4, -0.2) is 32.6 Å². The monoisotopic (exact) mass is 288 g/mol. The van der Waals surface area contributed by atoms with Crippen molar-refractivity contribution in [3.05, 3.63) is 30.6 Å². The van der Waals surface area contributed by atoms with Crippen LogP contribution in [0.1, 0.15) is 32.3 Å². The zero-order chi connectivity index (χ0) is 14.9. The molecule has 0 aliphatic heterocycles. The van der Waals surface area contributed by atoms with Crippen molar-refractivity contribution >= 4 is 11.6 Å². The van der Waals surface area contributed by atoms with Crippen molar-refractivity contribution in [2.75, 3.05) is 23.7 Å². The van der Waals surface area contributed by atoms with E-state index >= 15 is 0 Å². The van der Waals surface area contributed by atoms with E-state index in [1.165, 1.54) is 5.56 Å². The van der Waals surface area contributed by atoms with Gasteiger partial charge in [0.2, 0.25) is 0 Å². The van der Waals surface area contributed by atoms with E-state index in [-0.39, 0.29) is 0 Å². The normalized spacial score (nSPS) is 10.6. The minimum absolute atomic E-state index is 0.817. The summed E-state index contributed by atoms with van der Waals surface area (Å²) in [5.74, 6) is 1.89. The molecular formula is C15H24N6. The van der Waals surface area contributed by atoms with Crippen LogP contribution in [0.25, 0.3) is 0 Å². The number of nitrogens with zero attached hydrogens (tertiary/aromatic N) is 4. The SMILES string of the molecule is CCCNc1ncnc(NCCn2ccnc2)c1CCC. The Morgan fingerprint density at radius 2 is 1.81 bits per heavy atom. The van der Waals surface area contributed by atoms with E-state index in [0.29, 0.717) is 0 Å². The van der Waals surface area contributed by atoms with Crippen LogP contribution in [-0.2, 0) is 13.0 Å². The first-order chi connectivity index (χ1) is 10.3. The third-order valence-corrected chi connectivity index (χ3v) is 3.21. The van der Waals surface area contributed by atoms with Crippen molar-refractivity contribution in [3.8, 4) is 0 Å². The van der Waals surface area contributed by atoms with Crippen LogP contribution in [0.15, 0.2) is 25.0 Å². The zero-order valence-corrected chi connectivity index (χ0v) is 12.8. The smallest absolute Gasteiger partial charge is 0.134 e. The summed E-state index contributed by atoms with van der Waals surface area (Å²) in [6.45, 7) is 6.94. The Balaban J connectivity index is 2.02. The topological polar surface area (TPSA) is 67.7 Å². The number of hydrogen-bond donors (Lipinski definition) is 2. The second-order valence-corrected chi connectivity index (χ2v) is 4.95. The molecule has 2 rings (SSSR count). The Hall–Kier alpha value is -2.11. The van der Waals surface area contributed by atoms with Gasteiger partial charge in [-0.15, -0.1) is 0 Å². The van der Waals surface area contributed by atoms with Gasteiger partial charge >= 0.3 is 0 Å². The molecule has 0 fully saturated rings. The molecule has 0 bridgehead atoms. The molecule has 0 aliphatic rings. The molecule has 6 heteroatoms. The van der Waals surface area contributed by atoms with Crippen molar-refractivity contribution in [1.82, 2.24) is 19.5 Å². The Bertz CT molecular complexity index is 523. The third-order valence-electron chi connectivity index (χ3n) is 3.21. The van der Waals surface area contributed by atoms with Gasteiger partial charge < -0.3 is 15.2 Å². The van der Waals surface area contributed by atoms with E-state index < -0.39 is 0 Å². The first kappa shape index (κ1) is 15.3. The van der Waals surface area contributed by atoms with Crippen molar-refractivity contribution in [2.24, 2.45) is 0 Å². The van der Waals surface area contributed by atoms with Gasteiger partial charge in [-0.05, 0) is 12.8 Å². The standard InChI is InChI=1S/C15H24N6/c1-3-5-13-14(17-6-4-2)19-11-20-15(13)18-8-10-21-9-7-16-12-21/h7,9,11-12H,3-6,8,10H2,1-2H3,(H2,17,18,19,20). The van der Waals surface area contributed by atoms with E-state index in [0.717, 1.165) is 50.5 Å². The predicted molar refractivity (Wildman–Crippen MR) is 85.5 cm³/mol. The van der Waals surface area contributed by atoms with Gasteiger partial charge in [0.25, 0.3) is 0 Å². The number of nitrogens with one attached hydrogen (secondary N) is 2. The highest BCUT2D eigenvalue weighted by Gasteiger charge is 2.09. The summed E-state index contributed by atoms with van der Waals surface area (Å²) in [5.41, 5.74) is 1.18. The number of hydrogen-bond acceptors (Lipinski definition) is 5. The van der Waals surface area contributed by atoms with Gasteiger partial charge in [0, 0.05) is 37.6 Å². The maximum Gasteiger partial charge on any atom is 0.134 e. The second-order valence-electron chi connectivity index (χ2n) is 4.95. The van der Waals surface area contributed by atoms with Gasteiger partial charge in [0.05, 0.1) is 6.33 Å². The van der Waals surface area contributed by atoms with E-state index in [9.17, 15) is 0 Å². The molecular weight excluding hydrogens is 264 g/mol. The van der Waals surface area contributed by atoms with Crippen LogP contribution in [0.3, 0.4) is 0 Å². The molecule has 0 saturated carbocycles. The first-order valence-electron chi connectivity index (χ1n) is 7.62. The Morgan fingerprint density at radius 3 is 2.43 bits per heavy atom. The summed E-state index contributed by atoms with van der Waals surface area (Å²) in [6, 6.07) is 0. The molecule has 2 aromatic heterocycles. The fourth-order valence-electron chi connectivity index (χ4n) is 2.17. The highest BCUT2D eigenvalue weighted by atomic mass is 15.1. The fourth-order valence-corrected chi connectivity index (χ4v) is 2.17. The molecule has 0 saturated heterocycles. The maximum atomic E-state index is 4.40. The predicted octanol–water partition coefficient (Wildman–Crippen LogP) is 2.56. The molecule has 6 nitrogen and oxygen atoms in total. The lowest BCUT2D eigenvalue weighted by Gasteiger charge is -2.15. The molecule has 21 heavy (non-hydrogen) atoms. The molecule has 0 radical (unpaired) electrons. The third kappa shape index (κ3) is 4.44. The minimum atomic E-state index is 0.817. The summed E-state index contributed by atoms with van der Waals surface area (Å²) >= 11 is 0. The van der Waals surface area contributed by atoms with Crippen LogP contribution >= 0.6 is 0 Å². The number of rotatable bonds is 9. The zero-order valence-electron chi connectivity index (χ0n) is 12.8. The van der Waals surface area contributed by atoms with E-state index in [1.807, 2.05) is 17.1 Å². The highest BCUT2D eigenvalue weighted by Crippen LogP contribution is 2.21. The fraction of sp³-hybridized carbons (Fsp3) is 0.533. The molecule has 2 aromatic rings. The quantitative estimate of drug-likeness (QED) is 0.742. The average Bonchev–Trinajstić information content (AvgIpc) is 3.01. The van der Waals surface area contributed by atoms with Gasteiger partial charge in [0.15, 0.2) is 0 Å². The van der Waals surface area contributed by atoms with Crippen LogP contribution in [0.5, 0.6) is 0 Å². The molecule has 114 valence electrons. The van der Waals surface area contributed by atoms with Gasteiger partial charge in [-0.2, -0.15) is 0 Å². The van der Waals surface area contributed by atoms with Crippen LogP contribution in [0.4, 0.5) is 11.6 Å². The summed E-state index contributed by atoms with van der Waals surface area (Å²) in [7, 11) is 0.